The molecule has 6 unspecified atom stereocenters. The number of aromatic nitrogens is 4. The number of rotatable bonds is 15. The molecule has 7 N–H and O–H groups in total. The van der Waals surface area contributed by atoms with Gasteiger partial charge in [-0.05, 0) is 77.9 Å². The minimum Gasteiger partial charge on any atom is -0.756 e. The highest BCUT2D eigenvalue weighted by atomic mass is 127. The Kier molecular flexibility index (Phi) is 14.4. The van der Waals surface area contributed by atoms with Gasteiger partial charge in [-0.3, -0.25) is 17.0 Å². The number of hydrogen-bond acceptors (Lipinski definition) is 17. The summed E-state index contributed by atoms with van der Waals surface area (Å²) in [7, 11) is -10.9. The third kappa shape index (κ3) is 12.2. The molecule has 3 aliphatic rings. The van der Waals surface area contributed by atoms with E-state index in [1.165, 1.54) is 14.0 Å². The number of carbonyl (C=O) groups is 1. The van der Waals surface area contributed by atoms with Gasteiger partial charge in [0.15, 0.2) is 0 Å². The highest BCUT2D eigenvalue weighted by molar-refractivity contribution is 14.1. The molecule has 0 radical (unpaired) electrons. The first-order valence-corrected chi connectivity index (χ1v) is 24.8. The van der Waals surface area contributed by atoms with Gasteiger partial charge in [-0.25, -0.2) is 28.4 Å². The Labute approximate surface area is 351 Å². The Balaban J connectivity index is 1.02. The zero-order valence-corrected chi connectivity index (χ0v) is 37.1. The van der Waals surface area contributed by atoms with Crippen molar-refractivity contribution < 1.29 is 61.1 Å². The zero-order chi connectivity index (χ0) is 42.7. The molecule has 318 valence electrons. The standard InChI is InChI=1S/C33H40IN8O13P3S/c1-40(2)34-21-8-10-23-27(14-21)59-28-15-22(9-11-24(28)39-23)41(3)13-5-7-29(44)36-12-4-6-20-17-42(33-31(20)32(35)37-19-38-33)30-16-25(43)26(53-30)18-52-57(48,49)55-58(50,51)54-56(45,46)47/h8-11,14-15,17,19,25-26,30,43H,5,7,12-13,16,18H2,1-3H3,(H,36,44)(H,48,49)(H,50,51)(H2,35,37,38)(H2,45,46,47)/p-1. The van der Waals surface area contributed by atoms with E-state index >= 15 is 0 Å². The molecule has 0 saturated carbocycles. The van der Waals surface area contributed by atoms with Crippen molar-refractivity contribution in [3.05, 3.63) is 57.6 Å². The van der Waals surface area contributed by atoms with E-state index in [-0.39, 0.29) is 57.8 Å². The predicted molar refractivity (Wildman–Crippen MR) is 224 cm³/mol. The molecule has 59 heavy (non-hydrogen) atoms. The van der Waals surface area contributed by atoms with E-state index in [1.807, 2.05) is 19.2 Å². The molecule has 3 aromatic rings. The predicted octanol–water partition coefficient (Wildman–Crippen LogP) is 3.45. The Morgan fingerprint density at radius 3 is 2.66 bits per heavy atom. The van der Waals surface area contributed by atoms with Gasteiger partial charge in [-0.1, -0.05) is 11.8 Å². The summed E-state index contributed by atoms with van der Waals surface area (Å²) in [5.74, 6) is 5.77. The number of phosphoric acid groups is 3. The number of halogens is 1. The average molecular weight is 1010 g/mol. The number of amides is 1. The van der Waals surface area contributed by atoms with Crippen LogP contribution in [0, 0.1) is 15.0 Å². The molecular weight excluding hydrogens is 968 g/mol. The van der Waals surface area contributed by atoms with E-state index in [1.54, 1.807) is 17.5 Å². The van der Waals surface area contributed by atoms with Crippen molar-refractivity contribution in [2.45, 2.75) is 37.7 Å². The van der Waals surface area contributed by atoms with Gasteiger partial charge in [0, 0.05) is 41.5 Å². The van der Waals surface area contributed by atoms with Crippen molar-refractivity contribution in [1.82, 2.24) is 27.9 Å². The Hall–Kier alpha value is -3.27. The fourth-order valence-corrected chi connectivity index (χ4v) is 12.1. The normalized spacial score (nSPS) is 20.4. The second-order valence-electron chi connectivity index (χ2n) is 13.2. The number of phosphoric ester groups is 1. The number of hydrogen-bond donors (Lipinski definition) is 6. The lowest BCUT2D eigenvalue weighted by atomic mass is 10.2. The third-order valence-electron chi connectivity index (χ3n) is 8.50. The molecule has 1 fully saturated rings. The lowest BCUT2D eigenvalue weighted by Crippen LogP contribution is -2.26. The number of nitrogens with one attached hydrogen (secondary N) is 1. The van der Waals surface area contributed by atoms with Gasteiger partial charge < -0.3 is 49.9 Å². The van der Waals surface area contributed by atoms with Crippen molar-refractivity contribution >= 4 is 94.5 Å². The number of benzene rings is 2. The van der Waals surface area contributed by atoms with Crippen molar-refractivity contribution in [2.24, 2.45) is 0 Å². The SMILES string of the molecule is CN(C)I=c1ccc2nc3ccc(N(C)CCCC(=O)NCC#Cc4cn(C5CC(O)C(COP(=O)(O)OP(=O)(O)OP(=O)([O-])O)O5)c5ncnc(N)c45)cc3sc-2c1. The molecule has 2 aromatic heterocycles. The van der Waals surface area contributed by atoms with Crippen LogP contribution in [0.25, 0.3) is 31.8 Å². The van der Waals surface area contributed by atoms with Crippen LogP contribution in [0.15, 0.2) is 48.9 Å². The van der Waals surface area contributed by atoms with E-state index in [9.17, 15) is 38.3 Å². The monoisotopic (exact) mass is 1010 g/mol. The topological polar surface area (TPSA) is 297 Å². The Morgan fingerprint density at radius 2 is 1.92 bits per heavy atom. The molecule has 1 saturated heterocycles. The lowest BCUT2D eigenvalue weighted by molar-refractivity contribution is -0.212. The Bertz CT molecular complexity index is 2610. The molecule has 6 rings (SSSR count). The van der Waals surface area contributed by atoms with Crippen molar-refractivity contribution in [1.29, 1.82) is 0 Å². The number of nitrogens with zero attached hydrogens (tertiary/aromatic N) is 6. The summed E-state index contributed by atoms with van der Waals surface area (Å²) in [5, 5.41) is 13.8. The summed E-state index contributed by atoms with van der Waals surface area (Å²) >= 11 is 1.50. The highest BCUT2D eigenvalue weighted by Gasteiger charge is 2.41. The number of ether oxygens (including phenoxy) is 1. The van der Waals surface area contributed by atoms with Gasteiger partial charge in [0.1, 0.15) is 30.1 Å². The van der Waals surface area contributed by atoms with Crippen LogP contribution in [0.1, 0.15) is 31.1 Å². The number of nitrogens with two attached hydrogens (primary N) is 1. The van der Waals surface area contributed by atoms with Crippen molar-refractivity contribution in [2.75, 3.05) is 51.5 Å². The Morgan fingerprint density at radius 1 is 1.14 bits per heavy atom. The summed E-state index contributed by atoms with van der Waals surface area (Å²) in [6.07, 6.45) is 0.00749. The fourth-order valence-electron chi connectivity index (χ4n) is 5.97. The molecule has 1 aliphatic carbocycles. The van der Waals surface area contributed by atoms with E-state index in [0.29, 0.717) is 23.9 Å². The third-order valence-corrected chi connectivity index (χ3v) is 15.6. The molecule has 1 aromatic carbocycles. The van der Waals surface area contributed by atoms with Crippen LogP contribution in [-0.2, 0) is 36.4 Å². The van der Waals surface area contributed by atoms with Gasteiger partial charge in [-0.15, -0.1) is 11.3 Å². The summed E-state index contributed by atoms with van der Waals surface area (Å²) < 4.78 is 58.3. The quantitative estimate of drug-likeness (QED) is 0.0288. The number of fused-ring (bicyclic) bond motifs is 3. The van der Waals surface area contributed by atoms with Crippen LogP contribution in [0.3, 0.4) is 0 Å². The van der Waals surface area contributed by atoms with Gasteiger partial charge in [-0.2, -0.15) is 4.31 Å². The first-order valence-electron chi connectivity index (χ1n) is 17.4. The minimum atomic E-state index is -5.82. The molecule has 2 aliphatic heterocycles. The van der Waals surface area contributed by atoms with Gasteiger partial charge in [0.2, 0.25) is 5.91 Å². The van der Waals surface area contributed by atoms with E-state index in [2.05, 4.69) is 86.6 Å². The maximum atomic E-state index is 12.7. The fraction of sp³-hybridized carbons (Fsp3) is 0.364. The summed E-state index contributed by atoms with van der Waals surface area (Å²) in [6, 6.07) is 12.6. The second kappa shape index (κ2) is 18.8. The van der Waals surface area contributed by atoms with Gasteiger partial charge >= 0.3 is 15.6 Å². The average Bonchev–Trinajstić information content (AvgIpc) is 3.70. The number of nitrogen functional groups attached to an aromatic ring is 1. The van der Waals surface area contributed by atoms with E-state index in [0.717, 1.165) is 26.5 Å². The smallest absolute Gasteiger partial charge is 0.487 e. The molecule has 0 bridgehead atoms. The first-order chi connectivity index (χ1) is 27.8. The van der Waals surface area contributed by atoms with Crippen LogP contribution in [-0.4, -0.2) is 101 Å². The van der Waals surface area contributed by atoms with Gasteiger partial charge in [0.25, 0.3) is 7.82 Å². The molecule has 4 heterocycles. The van der Waals surface area contributed by atoms with Crippen LogP contribution in [0.4, 0.5) is 11.5 Å². The largest absolute Gasteiger partial charge is 0.756 e. The molecule has 6 atom stereocenters. The van der Waals surface area contributed by atoms with Crippen LogP contribution < -0.4 is 20.8 Å². The summed E-state index contributed by atoms with van der Waals surface area (Å²) in [6.45, 7) is -0.198. The second-order valence-corrected chi connectivity index (χ2v) is 22.3. The minimum absolute atomic E-state index is 0.0258. The number of aliphatic hydroxyl groups excluding tert-OH is 1. The highest BCUT2D eigenvalue weighted by Crippen LogP contribution is 2.65. The molecule has 1 amide bonds. The maximum absolute atomic E-state index is 12.7. The summed E-state index contributed by atoms with van der Waals surface area (Å²) in [5.41, 5.74) is 9.75. The molecule has 0 spiro atoms. The van der Waals surface area contributed by atoms with E-state index < -0.39 is 48.5 Å². The molecular formula is C33H39IN8O13P3S-. The maximum Gasteiger partial charge on any atom is 0.487 e. The lowest BCUT2D eigenvalue weighted by Gasteiger charge is -2.21. The number of anilines is 2. The van der Waals surface area contributed by atoms with Crippen LogP contribution >= 0.6 is 55.8 Å². The molecule has 26 heteroatoms. The number of carbonyl (C=O) groups excluding carboxylic acids is 1. The molecule has 21 nitrogen and oxygen atoms in total. The van der Waals surface area contributed by atoms with Gasteiger partial charge in [0.05, 0.1) is 51.0 Å². The van der Waals surface area contributed by atoms with Crippen molar-refractivity contribution in [3.8, 4) is 22.4 Å². The van der Waals surface area contributed by atoms with Crippen molar-refractivity contribution in [3.63, 3.8) is 0 Å². The van der Waals surface area contributed by atoms with E-state index in [4.69, 9.17) is 20.3 Å². The zero-order valence-electron chi connectivity index (χ0n) is 31.4. The van der Waals surface area contributed by atoms with Crippen LogP contribution in [0.5, 0.6) is 0 Å². The summed E-state index contributed by atoms with van der Waals surface area (Å²) in [4.78, 5) is 67.5. The number of aliphatic hydroxyl groups is 1. The first kappa shape index (κ1) is 45.3. The van der Waals surface area contributed by atoms with Crippen LogP contribution in [0.2, 0.25) is 0 Å².